The standard InChI is InChI=1S/C22H21BrN2O/c1-15-6-4-5-13-25(15)22(26)19-14-21(16-9-11-17(23)12-10-16)24-20-8-3-2-7-18(19)20/h2-3,7-12,14-15H,4-6,13H2,1H3/t15-/m0/s1. The van der Waals surface area contributed by atoms with Crippen LogP contribution < -0.4 is 0 Å². The minimum Gasteiger partial charge on any atom is -0.336 e. The zero-order valence-electron chi connectivity index (χ0n) is 14.8. The average Bonchev–Trinajstić information content (AvgIpc) is 2.67. The molecule has 26 heavy (non-hydrogen) atoms. The van der Waals surface area contributed by atoms with E-state index in [1.54, 1.807) is 0 Å². The third-order valence-electron chi connectivity index (χ3n) is 5.15. The van der Waals surface area contributed by atoms with Gasteiger partial charge in [-0.3, -0.25) is 4.79 Å². The number of nitrogens with zero attached hydrogens (tertiary/aromatic N) is 2. The van der Waals surface area contributed by atoms with Gasteiger partial charge in [-0.15, -0.1) is 0 Å². The molecule has 132 valence electrons. The van der Waals surface area contributed by atoms with Crippen molar-refractivity contribution >= 4 is 32.7 Å². The molecular weight excluding hydrogens is 388 g/mol. The van der Waals surface area contributed by atoms with E-state index in [9.17, 15) is 4.79 Å². The highest BCUT2D eigenvalue weighted by Crippen LogP contribution is 2.28. The number of likely N-dealkylation sites (tertiary alicyclic amines) is 1. The van der Waals surface area contributed by atoms with Gasteiger partial charge in [0.2, 0.25) is 0 Å². The maximum Gasteiger partial charge on any atom is 0.254 e. The lowest BCUT2D eigenvalue weighted by Crippen LogP contribution is -2.42. The van der Waals surface area contributed by atoms with Gasteiger partial charge in [-0.2, -0.15) is 0 Å². The second-order valence-corrected chi connectivity index (χ2v) is 7.84. The van der Waals surface area contributed by atoms with Crippen molar-refractivity contribution in [3.8, 4) is 11.3 Å². The summed E-state index contributed by atoms with van der Waals surface area (Å²) in [6, 6.07) is 18.2. The number of carbonyl (C=O) groups excluding carboxylic acids is 1. The number of hydrogen-bond donors (Lipinski definition) is 0. The molecular formula is C22H21BrN2O. The van der Waals surface area contributed by atoms with Gasteiger partial charge in [0.15, 0.2) is 0 Å². The fraction of sp³-hybridized carbons (Fsp3) is 0.273. The Morgan fingerprint density at radius 2 is 1.88 bits per heavy atom. The van der Waals surface area contributed by atoms with Crippen molar-refractivity contribution in [3.05, 3.63) is 64.6 Å². The predicted octanol–water partition coefficient (Wildman–Crippen LogP) is 5.68. The Balaban J connectivity index is 1.84. The SMILES string of the molecule is C[C@H]1CCCCN1C(=O)c1cc(-c2ccc(Br)cc2)nc2ccccc12. The van der Waals surface area contributed by atoms with Crippen LogP contribution in [0.5, 0.6) is 0 Å². The number of benzene rings is 2. The molecule has 1 aromatic heterocycles. The van der Waals surface area contributed by atoms with Crippen LogP contribution in [0, 0.1) is 0 Å². The largest absolute Gasteiger partial charge is 0.336 e. The fourth-order valence-corrected chi connectivity index (χ4v) is 3.94. The summed E-state index contributed by atoms with van der Waals surface area (Å²) in [5.41, 5.74) is 3.46. The molecule has 4 heteroatoms. The molecule has 2 aromatic carbocycles. The minimum absolute atomic E-state index is 0.120. The Kier molecular flexibility index (Phi) is 4.77. The maximum atomic E-state index is 13.4. The summed E-state index contributed by atoms with van der Waals surface area (Å²) in [6.07, 6.45) is 3.36. The molecule has 0 radical (unpaired) electrons. The van der Waals surface area contributed by atoms with Crippen LogP contribution in [-0.4, -0.2) is 28.4 Å². The monoisotopic (exact) mass is 408 g/mol. The van der Waals surface area contributed by atoms with Gasteiger partial charge >= 0.3 is 0 Å². The van der Waals surface area contributed by atoms with E-state index >= 15 is 0 Å². The van der Waals surface area contributed by atoms with Crippen LogP contribution in [0.4, 0.5) is 0 Å². The first-order valence-corrected chi connectivity index (χ1v) is 9.89. The quantitative estimate of drug-likeness (QED) is 0.546. The van der Waals surface area contributed by atoms with E-state index in [-0.39, 0.29) is 5.91 Å². The Morgan fingerprint density at radius 3 is 2.65 bits per heavy atom. The first kappa shape index (κ1) is 17.2. The van der Waals surface area contributed by atoms with Crippen molar-refractivity contribution in [1.29, 1.82) is 0 Å². The lowest BCUT2D eigenvalue weighted by Gasteiger charge is -2.33. The molecule has 1 fully saturated rings. The summed E-state index contributed by atoms with van der Waals surface area (Å²) in [4.78, 5) is 20.2. The van der Waals surface area contributed by atoms with Gasteiger partial charge in [-0.25, -0.2) is 4.98 Å². The smallest absolute Gasteiger partial charge is 0.254 e. The van der Waals surface area contributed by atoms with Gasteiger partial charge < -0.3 is 4.90 Å². The van der Waals surface area contributed by atoms with Crippen LogP contribution in [-0.2, 0) is 0 Å². The van der Waals surface area contributed by atoms with Crippen LogP contribution in [0.1, 0.15) is 36.5 Å². The maximum absolute atomic E-state index is 13.4. The van der Waals surface area contributed by atoms with Crippen LogP contribution in [0.3, 0.4) is 0 Å². The molecule has 4 rings (SSSR count). The van der Waals surface area contributed by atoms with E-state index in [1.165, 1.54) is 6.42 Å². The Morgan fingerprint density at radius 1 is 1.12 bits per heavy atom. The van der Waals surface area contributed by atoms with Gasteiger partial charge in [0.05, 0.1) is 16.8 Å². The molecule has 0 unspecified atom stereocenters. The third kappa shape index (κ3) is 3.26. The molecule has 0 spiro atoms. The topological polar surface area (TPSA) is 33.2 Å². The molecule has 0 saturated carbocycles. The number of fused-ring (bicyclic) bond motifs is 1. The van der Waals surface area contributed by atoms with E-state index in [0.717, 1.165) is 51.6 Å². The fourth-order valence-electron chi connectivity index (χ4n) is 3.68. The second kappa shape index (κ2) is 7.20. The number of carbonyl (C=O) groups is 1. The minimum atomic E-state index is 0.120. The molecule has 3 aromatic rings. The zero-order valence-corrected chi connectivity index (χ0v) is 16.4. The molecule has 1 aliphatic rings. The van der Waals surface area contributed by atoms with Crippen molar-refractivity contribution in [2.24, 2.45) is 0 Å². The Hall–Kier alpha value is -2.20. The number of hydrogen-bond acceptors (Lipinski definition) is 2. The summed E-state index contributed by atoms with van der Waals surface area (Å²) < 4.78 is 1.03. The molecule has 0 aliphatic carbocycles. The first-order valence-electron chi connectivity index (χ1n) is 9.10. The van der Waals surface area contributed by atoms with Crippen molar-refractivity contribution in [3.63, 3.8) is 0 Å². The lowest BCUT2D eigenvalue weighted by molar-refractivity contribution is 0.0637. The third-order valence-corrected chi connectivity index (χ3v) is 5.68. The summed E-state index contributed by atoms with van der Waals surface area (Å²) >= 11 is 3.47. The van der Waals surface area contributed by atoms with Crippen LogP contribution in [0.15, 0.2) is 59.1 Å². The van der Waals surface area contributed by atoms with E-state index in [1.807, 2.05) is 59.5 Å². The van der Waals surface area contributed by atoms with E-state index in [0.29, 0.717) is 6.04 Å². The van der Waals surface area contributed by atoms with Crippen LogP contribution >= 0.6 is 15.9 Å². The highest BCUT2D eigenvalue weighted by atomic mass is 79.9. The van der Waals surface area contributed by atoms with Crippen LogP contribution in [0.2, 0.25) is 0 Å². The average molecular weight is 409 g/mol. The Labute approximate surface area is 162 Å². The first-order chi connectivity index (χ1) is 12.6. The second-order valence-electron chi connectivity index (χ2n) is 6.92. The van der Waals surface area contributed by atoms with Gasteiger partial charge in [-0.05, 0) is 50.5 Å². The molecule has 1 amide bonds. The number of piperidine rings is 1. The number of amides is 1. The number of rotatable bonds is 2. The normalized spacial score (nSPS) is 17.5. The predicted molar refractivity (Wildman–Crippen MR) is 109 cm³/mol. The van der Waals surface area contributed by atoms with E-state index in [4.69, 9.17) is 4.98 Å². The molecule has 1 aliphatic heterocycles. The van der Waals surface area contributed by atoms with Crippen molar-refractivity contribution in [2.45, 2.75) is 32.2 Å². The van der Waals surface area contributed by atoms with Gasteiger partial charge in [0.1, 0.15) is 0 Å². The number of para-hydroxylation sites is 1. The highest BCUT2D eigenvalue weighted by molar-refractivity contribution is 9.10. The summed E-state index contributed by atoms with van der Waals surface area (Å²) in [5, 5.41) is 0.927. The number of halogens is 1. The highest BCUT2D eigenvalue weighted by Gasteiger charge is 2.26. The molecule has 1 saturated heterocycles. The molecule has 3 nitrogen and oxygen atoms in total. The molecule has 0 bridgehead atoms. The van der Waals surface area contributed by atoms with E-state index < -0.39 is 0 Å². The summed E-state index contributed by atoms with van der Waals surface area (Å²) in [5.74, 6) is 0.120. The lowest BCUT2D eigenvalue weighted by atomic mass is 9.99. The van der Waals surface area contributed by atoms with Gasteiger partial charge in [-0.1, -0.05) is 46.3 Å². The van der Waals surface area contributed by atoms with Crippen molar-refractivity contribution < 1.29 is 4.79 Å². The number of pyridine rings is 1. The van der Waals surface area contributed by atoms with Crippen LogP contribution in [0.25, 0.3) is 22.2 Å². The summed E-state index contributed by atoms with van der Waals surface area (Å²) in [6.45, 7) is 2.99. The summed E-state index contributed by atoms with van der Waals surface area (Å²) in [7, 11) is 0. The van der Waals surface area contributed by atoms with Crippen molar-refractivity contribution in [2.75, 3.05) is 6.54 Å². The molecule has 1 atom stereocenters. The van der Waals surface area contributed by atoms with Gasteiger partial charge in [0.25, 0.3) is 5.91 Å². The van der Waals surface area contributed by atoms with E-state index in [2.05, 4.69) is 22.9 Å². The number of aromatic nitrogens is 1. The Bertz CT molecular complexity index is 952. The van der Waals surface area contributed by atoms with Gasteiger partial charge in [0, 0.05) is 28.0 Å². The zero-order chi connectivity index (χ0) is 18.1. The molecule has 2 heterocycles. The molecule has 0 N–H and O–H groups in total. The van der Waals surface area contributed by atoms with Crippen molar-refractivity contribution in [1.82, 2.24) is 9.88 Å².